The highest BCUT2D eigenvalue weighted by atomic mass is 16.6. The summed E-state index contributed by atoms with van der Waals surface area (Å²) in [6, 6.07) is 35.5. The van der Waals surface area contributed by atoms with Gasteiger partial charge in [-0.05, 0) is 24.3 Å². The highest BCUT2D eigenvalue weighted by molar-refractivity contribution is 5.36. The normalized spacial score (nSPS) is 9.58. The van der Waals surface area contributed by atoms with Gasteiger partial charge in [0.2, 0.25) is 5.69 Å². The van der Waals surface area contributed by atoms with Gasteiger partial charge in [0.05, 0.1) is 4.92 Å². The molecular formula is C26H28N4O3. The molecule has 0 heterocycles. The minimum absolute atomic E-state index is 0.137. The number of anilines is 1. The van der Waals surface area contributed by atoms with Gasteiger partial charge in [-0.15, -0.1) is 0 Å². The standard InChI is InChI=1S/C12H10N2O.C6H5NO2.C6H7N.C2H6/c15-14(12-9-5-2-6-10-12)13-11-7-3-1-4-8-11;8-7(9)6-4-2-1-3-5-6;7-6-4-2-1-3-5-6;1-2/h1-10H;1-5H;1-5H,7H2;1-2H3. The van der Waals surface area contributed by atoms with Crippen LogP contribution in [0.3, 0.4) is 0 Å². The van der Waals surface area contributed by atoms with Gasteiger partial charge >= 0.3 is 0 Å². The molecule has 0 saturated carbocycles. The van der Waals surface area contributed by atoms with Crippen LogP contribution in [0, 0.1) is 15.3 Å². The first kappa shape index (κ1) is 26.5. The second-order valence-electron chi connectivity index (χ2n) is 6.05. The summed E-state index contributed by atoms with van der Waals surface area (Å²) in [5, 5.41) is 25.5. The van der Waals surface area contributed by atoms with Crippen molar-refractivity contribution >= 4 is 22.7 Å². The van der Waals surface area contributed by atoms with E-state index in [0.29, 0.717) is 16.2 Å². The summed E-state index contributed by atoms with van der Waals surface area (Å²) in [7, 11) is 0. The van der Waals surface area contributed by atoms with Crippen LogP contribution < -0.4 is 5.73 Å². The van der Waals surface area contributed by atoms with Crippen molar-refractivity contribution in [1.29, 1.82) is 0 Å². The minimum Gasteiger partial charge on any atom is -0.594 e. The third-order valence-electron chi connectivity index (χ3n) is 3.71. The van der Waals surface area contributed by atoms with E-state index in [4.69, 9.17) is 5.73 Å². The molecule has 0 spiro atoms. The Labute approximate surface area is 194 Å². The highest BCUT2D eigenvalue weighted by Crippen LogP contribution is 2.16. The quantitative estimate of drug-likeness (QED) is 0.116. The Bertz CT molecular complexity index is 1060. The lowest BCUT2D eigenvalue weighted by molar-refractivity contribution is -0.435. The van der Waals surface area contributed by atoms with Crippen molar-refractivity contribution in [2.75, 3.05) is 5.73 Å². The van der Waals surface area contributed by atoms with Gasteiger partial charge in [0.25, 0.3) is 5.69 Å². The van der Waals surface area contributed by atoms with E-state index < -0.39 is 4.92 Å². The molecule has 0 bridgehead atoms. The van der Waals surface area contributed by atoms with Crippen LogP contribution in [-0.2, 0) is 0 Å². The molecular weight excluding hydrogens is 416 g/mol. The van der Waals surface area contributed by atoms with Gasteiger partial charge in [-0.1, -0.05) is 91.5 Å². The average Bonchev–Trinajstić information content (AvgIpc) is 2.88. The number of hydrogen-bond donors (Lipinski definition) is 1. The Kier molecular flexibility index (Phi) is 13.0. The fourth-order valence-corrected chi connectivity index (χ4v) is 2.22. The monoisotopic (exact) mass is 444 g/mol. The lowest BCUT2D eigenvalue weighted by Crippen LogP contribution is -1.88. The Hall–Kier alpha value is -4.52. The fraction of sp³-hybridized carbons (Fsp3) is 0.0769. The molecule has 0 aliphatic heterocycles. The number of azo groups is 1. The van der Waals surface area contributed by atoms with Gasteiger partial charge in [-0.3, -0.25) is 10.1 Å². The molecule has 0 saturated heterocycles. The number of nitro groups is 1. The fourth-order valence-electron chi connectivity index (χ4n) is 2.22. The molecule has 0 atom stereocenters. The maximum absolute atomic E-state index is 11.6. The predicted molar refractivity (Wildman–Crippen MR) is 134 cm³/mol. The molecule has 0 aliphatic carbocycles. The van der Waals surface area contributed by atoms with Crippen LogP contribution in [0.2, 0.25) is 0 Å². The Balaban J connectivity index is 0.000000258. The molecule has 0 unspecified atom stereocenters. The summed E-state index contributed by atoms with van der Waals surface area (Å²) in [6.45, 7) is 4.00. The van der Waals surface area contributed by atoms with Gasteiger partial charge in [0.1, 0.15) is 5.69 Å². The van der Waals surface area contributed by atoms with Crippen molar-refractivity contribution in [3.63, 3.8) is 0 Å². The Morgan fingerprint density at radius 1 is 0.606 bits per heavy atom. The van der Waals surface area contributed by atoms with Crippen LogP contribution in [0.1, 0.15) is 13.8 Å². The van der Waals surface area contributed by atoms with Crippen LogP contribution >= 0.6 is 0 Å². The summed E-state index contributed by atoms with van der Waals surface area (Å²) >= 11 is 0. The first-order valence-corrected chi connectivity index (χ1v) is 10.3. The van der Waals surface area contributed by atoms with Gasteiger partial charge in [-0.25, -0.2) is 0 Å². The van der Waals surface area contributed by atoms with E-state index in [1.54, 1.807) is 54.6 Å². The third-order valence-corrected chi connectivity index (χ3v) is 3.71. The van der Waals surface area contributed by atoms with E-state index in [1.807, 2.05) is 68.4 Å². The summed E-state index contributed by atoms with van der Waals surface area (Å²) in [5.74, 6) is 0. The number of rotatable bonds is 3. The molecule has 170 valence electrons. The number of nitro benzene ring substituents is 1. The van der Waals surface area contributed by atoms with Crippen LogP contribution in [0.5, 0.6) is 0 Å². The molecule has 4 aromatic rings. The zero-order valence-corrected chi connectivity index (χ0v) is 18.7. The number of nitrogens with two attached hydrogens (primary N) is 1. The summed E-state index contributed by atoms with van der Waals surface area (Å²) in [6.07, 6.45) is 0. The molecule has 0 aliphatic rings. The molecule has 7 nitrogen and oxygen atoms in total. The van der Waals surface area contributed by atoms with Crippen molar-refractivity contribution in [2.24, 2.45) is 5.11 Å². The zero-order valence-electron chi connectivity index (χ0n) is 18.7. The van der Waals surface area contributed by atoms with Crippen molar-refractivity contribution in [2.45, 2.75) is 13.8 Å². The van der Waals surface area contributed by atoms with E-state index in [0.717, 1.165) is 5.69 Å². The largest absolute Gasteiger partial charge is 0.594 e. The molecule has 7 heteroatoms. The number of nitrogen functional groups attached to an aromatic ring is 1. The number of hydrogen-bond acceptors (Lipinski definition) is 5. The minimum atomic E-state index is -0.417. The van der Waals surface area contributed by atoms with Crippen LogP contribution in [0.15, 0.2) is 126 Å². The second-order valence-corrected chi connectivity index (χ2v) is 6.05. The Morgan fingerprint density at radius 3 is 1.30 bits per heavy atom. The van der Waals surface area contributed by atoms with E-state index in [2.05, 4.69) is 5.11 Å². The summed E-state index contributed by atoms with van der Waals surface area (Å²) in [5.41, 5.74) is 7.49. The molecule has 4 aromatic carbocycles. The summed E-state index contributed by atoms with van der Waals surface area (Å²) < 4.78 is 0. The molecule has 4 rings (SSSR count). The maximum Gasteiger partial charge on any atom is 0.269 e. The van der Waals surface area contributed by atoms with Gasteiger partial charge in [-0.2, -0.15) is 0 Å². The number of non-ortho nitro benzene ring substituents is 1. The van der Waals surface area contributed by atoms with E-state index in [-0.39, 0.29) is 5.69 Å². The number of nitrogens with zero attached hydrogens (tertiary/aromatic N) is 3. The van der Waals surface area contributed by atoms with Gasteiger partial charge < -0.3 is 10.9 Å². The lowest BCUT2D eigenvalue weighted by atomic mass is 10.3. The third kappa shape index (κ3) is 11.4. The van der Waals surface area contributed by atoms with E-state index in [9.17, 15) is 15.3 Å². The average molecular weight is 445 g/mol. The zero-order chi connectivity index (χ0) is 24.3. The second kappa shape index (κ2) is 16.2. The van der Waals surface area contributed by atoms with Crippen molar-refractivity contribution in [3.8, 4) is 0 Å². The first-order chi connectivity index (χ1) is 16.1. The predicted octanol–water partition coefficient (Wildman–Crippen LogP) is 7.50. The van der Waals surface area contributed by atoms with Crippen LogP contribution in [0.4, 0.5) is 22.7 Å². The summed E-state index contributed by atoms with van der Waals surface area (Å²) in [4.78, 5) is 10.2. The SMILES string of the molecule is CC.Nc1ccccc1.O=[N+]([O-])c1ccccc1.[O-][N+](=Nc1ccccc1)c1ccccc1. The van der Waals surface area contributed by atoms with Crippen LogP contribution in [0.25, 0.3) is 0 Å². The van der Waals surface area contributed by atoms with Crippen molar-refractivity contribution in [3.05, 3.63) is 137 Å². The number of para-hydroxylation sites is 3. The van der Waals surface area contributed by atoms with Crippen molar-refractivity contribution < 1.29 is 9.78 Å². The molecule has 2 N–H and O–H groups in total. The maximum atomic E-state index is 11.6. The molecule has 0 amide bonds. The lowest BCUT2D eigenvalue weighted by Gasteiger charge is -1.98. The molecule has 0 radical (unpaired) electrons. The topological polar surface area (TPSA) is 108 Å². The van der Waals surface area contributed by atoms with Gasteiger partial charge in [0.15, 0.2) is 0 Å². The van der Waals surface area contributed by atoms with E-state index in [1.165, 1.54) is 12.1 Å². The van der Waals surface area contributed by atoms with Crippen molar-refractivity contribution in [1.82, 2.24) is 0 Å². The Morgan fingerprint density at radius 2 is 0.970 bits per heavy atom. The number of benzene rings is 4. The highest BCUT2D eigenvalue weighted by Gasteiger charge is 2.01. The van der Waals surface area contributed by atoms with Crippen LogP contribution in [-0.4, -0.2) is 9.78 Å². The molecule has 33 heavy (non-hydrogen) atoms. The van der Waals surface area contributed by atoms with Gasteiger partial charge in [0, 0.05) is 35.1 Å². The molecule has 0 fully saturated rings. The molecule has 0 aromatic heterocycles. The first-order valence-electron chi connectivity index (χ1n) is 10.3. The van der Waals surface area contributed by atoms with E-state index >= 15 is 0 Å². The smallest absolute Gasteiger partial charge is 0.269 e.